The minimum Gasteiger partial charge on any atom is -0.478 e. The van der Waals surface area contributed by atoms with Crippen molar-refractivity contribution in [3.05, 3.63) is 23.4 Å². The Bertz CT molecular complexity index is 396. The predicted molar refractivity (Wildman–Crippen MR) is 72.0 cm³/mol. The van der Waals surface area contributed by atoms with E-state index in [0.29, 0.717) is 17.4 Å². The Kier molecular flexibility index (Phi) is 5.28. The van der Waals surface area contributed by atoms with Gasteiger partial charge in [0, 0.05) is 12.2 Å². The van der Waals surface area contributed by atoms with Crippen molar-refractivity contribution in [3.63, 3.8) is 0 Å². The molecule has 17 heavy (non-hydrogen) atoms. The van der Waals surface area contributed by atoms with Crippen molar-refractivity contribution in [2.24, 2.45) is 5.92 Å². The van der Waals surface area contributed by atoms with E-state index in [1.807, 2.05) is 0 Å². The van der Waals surface area contributed by atoms with E-state index >= 15 is 0 Å². The van der Waals surface area contributed by atoms with E-state index < -0.39 is 5.97 Å². The number of hydrogen-bond acceptors (Lipinski definition) is 4. The molecule has 0 saturated heterocycles. The summed E-state index contributed by atoms with van der Waals surface area (Å²) in [5.74, 6) is 1.32. The van der Waals surface area contributed by atoms with Crippen molar-refractivity contribution in [2.45, 2.75) is 13.8 Å². The maximum atomic E-state index is 10.9. The van der Waals surface area contributed by atoms with Gasteiger partial charge in [0.1, 0.15) is 5.82 Å². The summed E-state index contributed by atoms with van der Waals surface area (Å²) in [6.07, 6.45) is 2.07. The zero-order valence-electron chi connectivity index (χ0n) is 10.4. The summed E-state index contributed by atoms with van der Waals surface area (Å²) in [4.78, 5) is 15.2. The lowest BCUT2D eigenvalue weighted by molar-refractivity contribution is 0.0696. The van der Waals surface area contributed by atoms with Gasteiger partial charge in [-0.25, -0.2) is 9.78 Å². The smallest absolute Gasteiger partial charge is 0.335 e. The highest BCUT2D eigenvalue weighted by molar-refractivity contribution is 7.98. The van der Waals surface area contributed by atoms with E-state index in [9.17, 15) is 4.79 Å². The largest absolute Gasteiger partial charge is 0.478 e. The predicted octanol–water partition coefficient (Wildman–Crippen LogP) is 2.50. The molecule has 0 radical (unpaired) electrons. The number of nitrogens with zero attached hydrogens (tertiary/aromatic N) is 1. The summed E-state index contributed by atoms with van der Waals surface area (Å²) in [6, 6.07) is 3.14. The lowest BCUT2D eigenvalue weighted by atomic mass is 10.2. The molecule has 2 N–H and O–H groups in total. The number of nitrogens with one attached hydrogen (secondary N) is 1. The fourth-order valence-electron chi connectivity index (χ4n) is 1.50. The molecular weight excluding hydrogens is 236 g/mol. The van der Waals surface area contributed by atoms with Gasteiger partial charge in [-0.15, -0.1) is 0 Å². The number of thioether (sulfide) groups is 1. The Hall–Kier alpha value is -1.23. The average Bonchev–Trinajstić information content (AvgIpc) is 2.26. The molecule has 1 rings (SSSR count). The molecule has 0 aliphatic rings. The summed E-state index contributed by atoms with van der Waals surface area (Å²) >= 11 is 1.80. The topological polar surface area (TPSA) is 62.2 Å². The highest BCUT2D eigenvalue weighted by atomic mass is 32.2. The number of hydrogen-bond donors (Lipinski definition) is 2. The summed E-state index contributed by atoms with van der Waals surface area (Å²) < 4.78 is 0. The molecule has 0 fully saturated rings. The lowest BCUT2D eigenvalue weighted by Gasteiger charge is -2.12. The number of aryl methyl sites for hydroxylation is 1. The Morgan fingerprint density at radius 3 is 2.88 bits per heavy atom. The second-order valence-electron chi connectivity index (χ2n) is 4.13. The van der Waals surface area contributed by atoms with Crippen LogP contribution in [0.3, 0.4) is 0 Å². The molecule has 4 nitrogen and oxygen atoms in total. The molecule has 94 valence electrons. The third kappa shape index (κ3) is 4.65. The molecule has 5 heteroatoms. The SMILES string of the molecule is CSCC(C)CNc1cc(C(=O)O)cc(C)n1. The Morgan fingerprint density at radius 1 is 1.59 bits per heavy atom. The highest BCUT2D eigenvalue weighted by Gasteiger charge is 2.07. The fraction of sp³-hybridized carbons (Fsp3) is 0.500. The zero-order chi connectivity index (χ0) is 12.8. The molecule has 0 aromatic carbocycles. The maximum absolute atomic E-state index is 10.9. The van der Waals surface area contributed by atoms with Crippen LogP contribution in [0.25, 0.3) is 0 Å². The third-order valence-electron chi connectivity index (χ3n) is 2.28. The average molecular weight is 254 g/mol. The Labute approximate surface area is 106 Å². The molecule has 1 unspecified atom stereocenters. The number of aromatic nitrogens is 1. The normalized spacial score (nSPS) is 12.2. The number of aromatic carboxylic acids is 1. The Balaban J connectivity index is 2.68. The number of carbonyl (C=O) groups is 1. The van der Waals surface area contributed by atoms with Crippen LogP contribution in [0.2, 0.25) is 0 Å². The van der Waals surface area contributed by atoms with Crippen LogP contribution in [-0.2, 0) is 0 Å². The second-order valence-corrected chi connectivity index (χ2v) is 5.04. The van der Waals surface area contributed by atoms with Crippen molar-refractivity contribution >= 4 is 23.5 Å². The summed E-state index contributed by atoms with van der Waals surface area (Å²) in [7, 11) is 0. The molecule has 0 saturated carbocycles. The van der Waals surface area contributed by atoms with Gasteiger partial charge in [-0.05, 0) is 37.0 Å². The Morgan fingerprint density at radius 2 is 2.29 bits per heavy atom. The van der Waals surface area contributed by atoms with Crippen molar-refractivity contribution in [2.75, 3.05) is 23.9 Å². The van der Waals surface area contributed by atoms with Crippen LogP contribution in [-0.4, -0.2) is 34.6 Å². The molecule has 0 amide bonds. The first-order chi connectivity index (χ1) is 8.02. The summed E-state index contributed by atoms with van der Waals surface area (Å²) in [5, 5.41) is 12.1. The lowest BCUT2D eigenvalue weighted by Crippen LogP contribution is -2.14. The van der Waals surface area contributed by atoms with E-state index in [4.69, 9.17) is 5.11 Å². The van der Waals surface area contributed by atoms with Crippen LogP contribution >= 0.6 is 11.8 Å². The quantitative estimate of drug-likeness (QED) is 0.816. The maximum Gasteiger partial charge on any atom is 0.335 e. The molecular formula is C12H18N2O2S. The number of rotatable bonds is 6. The minimum atomic E-state index is -0.921. The van der Waals surface area contributed by atoms with Gasteiger partial charge >= 0.3 is 5.97 Å². The van der Waals surface area contributed by atoms with E-state index in [1.54, 1.807) is 30.8 Å². The molecule has 0 spiro atoms. The van der Waals surface area contributed by atoms with Gasteiger partial charge < -0.3 is 10.4 Å². The van der Waals surface area contributed by atoms with E-state index in [1.165, 1.54) is 0 Å². The molecule has 1 atom stereocenters. The van der Waals surface area contributed by atoms with E-state index in [-0.39, 0.29) is 5.56 Å². The zero-order valence-corrected chi connectivity index (χ0v) is 11.2. The van der Waals surface area contributed by atoms with E-state index in [2.05, 4.69) is 23.5 Å². The first-order valence-electron chi connectivity index (χ1n) is 5.47. The van der Waals surface area contributed by atoms with Gasteiger partial charge in [-0.1, -0.05) is 6.92 Å². The number of carboxylic acids is 1. The van der Waals surface area contributed by atoms with E-state index in [0.717, 1.165) is 12.3 Å². The second kappa shape index (κ2) is 6.49. The summed E-state index contributed by atoms with van der Waals surface area (Å²) in [6.45, 7) is 4.75. The number of carboxylic acid groups (broad SMARTS) is 1. The van der Waals surface area contributed by atoms with Crippen LogP contribution in [0, 0.1) is 12.8 Å². The summed E-state index contributed by atoms with van der Waals surface area (Å²) in [5.41, 5.74) is 0.988. The standard InChI is InChI=1S/C12H18N2O2S/c1-8(7-17-3)6-13-11-5-10(12(15)16)4-9(2)14-11/h4-5,8H,6-7H2,1-3H3,(H,13,14)(H,15,16). The minimum absolute atomic E-state index is 0.275. The van der Waals surface area contributed by atoms with Crippen LogP contribution < -0.4 is 5.32 Å². The monoisotopic (exact) mass is 254 g/mol. The molecule has 0 aliphatic carbocycles. The molecule has 1 aromatic rings. The fourth-order valence-corrected chi connectivity index (χ4v) is 2.19. The third-order valence-corrected chi connectivity index (χ3v) is 3.19. The van der Waals surface area contributed by atoms with Crippen LogP contribution in [0.5, 0.6) is 0 Å². The van der Waals surface area contributed by atoms with Gasteiger partial charge in [-0.3, -0.25) is 0 Å². The first kappa shape index (κ1) is 13.8. The number of anilines is 1. The van der Waals surface area contributed by atoms with Crippen molar-refractivity contribution in [1.82, 2.24) is 4.98 Å². The van der Waals surface area contributed by atoms with Crippen molar-refractivity contribution in [3.8, 4) is 0 Å². The first-order valence-corrected chi connectivity index (χ1v) is 6.87. The van der Waals surface area contributed by atoms with Crippen LogP contribution in [0.4, 0.5) is 5.82 Å². The molecule has 0 aliphatic heterocycles. The molecule has 1 heterocycles. The number of pyridine rings is 1. The van der Waals surface area contributed by atoms with Gasteiger partial charge in [0.25, 0.3) is 0 Å². The van der Waals surface area contributed by atoms with Crippen LogP contribution in [0.1, 0.15) is 23.0 Å². The van der Waals surface area contributed by atoms with Gasteiger partial charge in [0.05, 0.1) is 5.56 Å². The van der Waals surface area contributed by atoms with Crippen LogP contribution in [0.15, 0.2) is 12.1 Å². The van der Waals surface area contributed by atoms with Gasteiger partial charge in [0.15, 0.2) is 0 Å². The molecule has 0 bridgehead atoms. The molecule has 1 aromatic heterocycles. The van der Waals surface area contributed by atoms with Gasteiger partial charge in [0.2, 0.25) is 0 Å². The van der Waals surface area contributed by atoms with Gasteiger partial charge in [-0.2, -0.15) is 11.8 Å². The highest BCUT2D eigenvalue weighted by Crippen LogP contribution is 2.12. The van der Waals surface area contributed by atoms with Crippen molar-refractivity contribution in [1.29, 1.82) is 0 Å². The van der Waals surface area contributed by atoms with Crippen molar-refractivity contribution < 1.29 is 9.90 Å².